The van der Waals surface area contributed by atoms with E-state index in [4.69, 9.17) is 5.26 Å². The van der Waals surface area contributed by atoms with Crippen LogP contribution in [0.3, 0.4) is 0 Å². The zero-order chi connectivity index (χ0) is 15.1. The van der Waals surface area contributed by atoms with E-state index in [1.54, 1.807) is 24.3 Å². The van der Waals surface area contributed by atoms with Crippen molar-refractivity contribution in [2.75, 3.05) is 38.5 Å². The van der Waals surface area contributed by atoms with Crippen LogP contribution in [0, 0.1) is 17.2 Å². The monoisotopic (exact) mass is 286 g/mol. The van der Waals surface area contributed by atoms with Crippen molar-refractivity contribution in [2.45, 2.75) is 12.8 Å². The first-order valence-corrected chi connectivity index (χ1v) is 7.36. The van der Waals surface area contributed by atoms with Crippen molar-refractivity contribution in [3.05, 3.63) is 29.8 Å². The molecule has 21 heavy (non-hydrogen) atoms. The molecule has 1 fully saturated rings. The SMILES string of the molecule is CN(CC(=O)Nc1ccc(C#N)cc1)CC1CCNCC1. The van der Waals surface area contributed by atoms with E-state index in [1.165, 1.54) is 12.8 Å². The Morgan fingerprint density at radius 2 is 2.05 bits per heavy atom. The van der Waals surface area contributed by atoms with Gasteiger partial charge in [-0.05, 0) is 63.2 Å². The summed E-state index contributed by atoms with van der Waals surface area (Å²) in [4.78, 5) is 14.1. The molecule has 2 N–H and O–H groups in total. The zero-order valence-electron chi connectivity index (χ0n) is 12.4. The third-order valence-electron chi connectivity index (χ3n) is 3.74. The Kier molecular flexibility index (Phi) is 5.73. The number of carbonyl (C=O) groups excluding carboxylic acids is 1. The number of rotatable bonds is 5. The van der Waals surface area contributed by atoms with Crippen molar-refractivity contribution in [2.24, 2.45) is 5.92 Å². The molecule has 1 aromatic carbocycles. The second-order valence-electron chi connectivity index (χ2n) is 5.63. The number of hydrogen-bond acceptors (Lipinski definition) is 4. The predicted octanol–water partition coefficient (Wildman–Crippen LogP) is 1.43. The van der Waals surface area contributed by atoms with Gasteiger partial charge in [0.15, 0.2) is 0 Å². The minimum atomic E-state index is -0.0175. The number of hydrogen-bond donors (Lipinski definition) is 2. The molecule has 0 spiro atoms. The first-order valence-electron chi connectivity index (χ1n) is 7.36. The van der Waals surface area contributed by atoms with E-state index in [0.29, 0.717) is 18.0 Å². The molecule has 1 amide bonds. The second kappa shape index (κ2) is 7.77. The maximum atomic E-state index is 12.0. The van der Waals surface area contributed by atoms with Gasteiger partial charge in [0.25, 0.3) is 0 Å². The minimum absolute atomic E-state index is 0.0175. The van der Waals surface area contributed by atoms with Crippen LogP contribution in [0.2, 0.25) is 0 Å². The molecule has 5 nitrogen and oxygen atoms in total. The van der Waals surface area contributed by atoms with E-state index < -0.39 is 0 Å². The van der Waals surface area contributed by atoms with E-state index in [2.05, 4.69) is 21.6 Å². The van der Waals surface area contributed by atoms with Gasteiger partial charge in [0.05, 0.1) is 18.2 Å². The minimum Gasteiger partial charge on any atom is -0.325 e. The molecule has 1 aromatic rings. The van der Waals surface area contributed by atoms with Crippen molar-refractivity contribution in [1.29, 1.82) is 5.26 Å². The summed E-state index contributed by atoms with van der Waals surface area (Å²) in [7, 11) is 1.99. The van der Waals surface area contributed by atoms with Gasteiger partial charge in [-0.15, -0.1) is 0 Å². The van der Waals surface area contributed by atoms with Crippen LogP contribution in [0.4, 0.5) is 5.69 Å². The normalized spacial score (nSPS) is 15.7. The van der Waals surface area contributed by atoms with Gasteiger partial charge in [-0.1, -0.05) is 0 Å². The van der Waals surface area contributed by atoms with Crippen LogP contribution >= 0.6 is 0 Å². The van der Waals surface area contributed by atoms with Gasteiger partial charge in [0, 0.05) is 12.2 Å². The molecular formula is C16H22N4O. The molecule has 0 aromatic heterocycles. The third-order valence-corrected chi connectivity index (χ3v) is 3.74. The lowest BCUT2D eigenvalue weighted by atomic mass is 9.98. The number of nitrogens with zero attached hydrogens (tertiary/aromatic N) is 2. The molecule has 0 atom stereocenters. The fourth-order valence-electron chi connectivity index (χ4n) is 2.64. The van der Waals surface area contributed by atoms with Crippen molar-refractivity contribution in [3.8, 4) is 6.07 Å². The lowest BCUT2D eigenvalue weighted by molar-refractivity contribution is -0.117. The fourth-order valence-corrected chi connectivity index (χ4v) is 2.64. The molecule has 1 heterocycles. The Morgan fingerprint density at radius 3 is 2.67 bits per heavy atom. The first kappa shape index (κ1) is 15.5. The van der Waals surface area contributed by atoms with E-state index in [-0.39, 0.29) is 5.91 Å². The number of piperidine rings is 1. The summed E-state index contributed by atoms with van der Waals surface area (Å²) in [5.74, 6) is 0.662. The molecule has 112 valence electrons. The molecule has 0 unspecified atom stereocenters. The van der Waals surface area contributed by atoms with E-state index in [1.807, 2.05) is 7.05 Å². The van der Waals surface area contributed by atoms with Gasteiger partial charge in [-0.2, -0.15) is 5.26 Å². The maximum Gasteiger partial charge on any atom is 0.238 e. The Hall–Kier alpha value is -1.90. The number of nitrogens with one attached hydrogen (secondary N) is 2. The van der Waals surface area contributed by atoms with Crippen molar-refractivity contribution in [3.63, 3.8) is 0 Å². The molecule has 0 aliphatic carbocycles. The summed E-state index contributed by atoms with van der Waals surface area (Å²) in [5, 5.41) is 14.9. The second-order valence-corrected chi connectivity index (χ2v) is 5.63. The van der Waals surface area contributed by atoms with Crippen molar-refractivity contribution < 1.29 is 4.79 Å². The third kappa shape index (κ3) is 5.18. The van der Waals surface area contributed by atoms with Crippen LogP contribution in [-0.4, -0.2) is 44.0 Å². The molecule has 1 saturated heterocycles. The van der Waals surface area contributed by atoms with Gasteiger partial charge in [-0.25, -0.2) is 0 Å². The average Bonchev–Trinajstić information content (AvgIpc) is 2.48. The molecular weight excluding hydrogens is 264 g/mol. The van der Waals surface area contributed by atoms with Crippen LogP contribution in [0.1, 0.15) is 18.4 Å². The van der Waals surface area contributed by atoms with Crippen LogP contribution in [0.25, 0.3) is 0 Å². The molecule has 5 heteroatoms. The van der Waals surface area contributed by atoms with Crippen LogP contribution in [-0.2, 0) is 4.79 Å². The topological polar surface area (TPSA) is 68.2 Å². The number of anilines is 1. The highest BCUT2D eigenvalue weighted by Gasteiger charge is 2.16. The van der Waals surface area contributed by atoms with Gasteiger partial charge < -0.3 is 10.6 Å². The molecule has 0 radical (unpaired) electrons. The molecule has 1 aliphatic heterocycles. The Morgan fingerprint density at radius 1 is 1.38 bits per heavy atom. The summed E-state index contributed by atoms with van der Waals surface area (Å²) in [6.07, 6.45) is 2.36. The largest absolute Gasteiger partial charge is 0.325 e. The number of benzene rings is 1. The van der Waals surface area contributed by atoms with Crippen molar-refractivity contribution >= 4 is 11.6 Å². The van der Waals surface area contributed by atoms with Crippen LogP contribution in [0.5, 0.6) is 0 Å². The highest BCUT2D eigenvalue weighted by Crippen LogP contribution is 2.13. The lowest BCUT2D eigenvalue weighted by Crippen LogP contribution is -2.37. The van der Waals surface area contributed by atoms with E-state index in [9.17, 15) is 4.79 Å². The van der Waals surface area contributed by atoms with Crippen LogP contribution in [0.15, 0.2) is 24.3 Å². The standard InChI is InChI=1S/C16H22N4O/c1-20(11-14-6-8-18-9-7-14)12-16(21)19-15-4-2-13(10-17)3-5-15/h2-5,14,18H,6-9,11-12H2,1H3,(H,19,21). The summed E-state index contributed by atoms with van der Waals surface area (Å²) in [5.41, 5.74) is 1.32. The Bertz CT molecular complexity index is 500. The number of carbonyl (C=O) groups is 1. The van der Waals surface area contributed by atoms with Crippen LogP contribution < -0.4 is 10.6 Å². The molecule has 0 bridgehead atoms. The molecule has 0 saturated carbocycles. The summed E-state index contributed by atoms with van der Waals surface area (Å²) < 4.78 is 0. The molecule has 2 rings (SSSR count). The van der Waals surface area contributed by atoms with Gasteiger partial charge in [0.1, 0.15) is 0 Å². The lowest BCUT2D eigenvalue weighted by Gasteiger charge is -2.27. The van der Waals surface area contributed by atoms with Gasteiger partial charge in [-0.3, -0.25) is 9.69 Å². The first-order chi connectivity index (χ1) is 10.2. The summed E-state index contributed by atoms with van der Waals surface area (Å²) in [6.45, 7) is 3.51. The zero-order valence-corrected chi connectivity index (χ0v) is 12.4. The van der Waals surface area contributed by atoms with E-state index in [0.717, 1.165) is 25.3 Å². The predicted molar refractivity (Wildman–Crippen MR) is 82.9 cm³/mol. The van der Waals surface area contributed by atoms with Gasteiger partial charge in [0.2, 0.25) is 5.91 Å². The average molecular weight is 286 g/mol. The quantitative estimate of drug-likeness (QED) is 0.859. The molecule has 1 aliphatic rings. The highest BCUT2D eigenvalue weighted by atomic mass is 16.2. The highest BCUT2D eigenvalue weighted by molar-refractivity contribution is 5.92. The Balaban J connectivity index is 1.76. The summed E-state index contributed by atoms with van der Waals surface area (Å²) in [6, 6.07) is 8.97. The maximum absolute atomic E-state index is 12.0. The number of amides is 1. The smallest absolute Gasteiger partial charge is 0.238 e. The van der Waals surface area contributed by atoms with Crippen molar-refractivity contribution in [1.82, 2.24) is 10.2 Å². The number of nitriles is 1. The van der Waals surface area contributed by atoms with E-state index >= 15 is 0 Å². The summed E-state index contributed by atoms with van der Waals surface area (Å²) >= 11 is 0. The van der Waals surface area contributed by atoms with Gasteiger partial charge >= 0.3 is 0 Å². The Labute approximate surface area is 125 Å². The number of likely N-dealkylation sites (N-methyl/N-ethyl adjacent to an activating group) is 1. The fraction of sp³-hybridized carbons (Fsp3) is 0.500.